The van der Waals surface area contributed by atoms with Gasteiger partial charge in [-0.15, -0.1) is 0 Å². The van der Waals surface area contributed by atoms with Crippen LogP contribution in [0.1, 0.15) is 24.5 Å². The van der Waals surface area contributed by atoms with E-state index in [9.17, 15) is 0 Å². The van der Waals surface area contributed by atoms with Crippen LogP contribution in [0.15, 0.2) is 35.2 Å². The van der Waals surface area contributed by atoms with E-state index in [1.807, 2.05) is 6.20 Å². The Balaban J connectivity index is 1.52. The van der Waals surface area contributed by atoms with E-state index in [-0.39, 0.29) is 0 Å². The quantitative estimate of drug-likeness (QED) is 0.743. The van der Waals surface area contributed by atoms with Crippen molar-refractivity contribution in [1.29, 1.82) is 0 Å². The highest BCUT2D eigenvalue weighted by Gasteiger charge is 2.23. The molecule has 0 saturated carbocycles. The molecule has 0 atom stereocenters. The third-order valence-electron chi connectivity index (χ3n) is 4.06. The summed E-state index contributed by atoms with van der Waals surface area (Å²) in [5.41, 5.74) is 2.36. The predicted octanol–water partition coefficient (Wildman–Crippen LogP) is 4.17. The number of nitrogens with one attached hydrogen (secondary N) is 1. The highest BCUT2D eigenvalue weighted by atomic mass is 79.9. The van der Waals surface area contributed by atoms with Gasteiger partial charge in [0.15, 0.2) is 5.13 Å². The van der Waals surface area contributed by atoms with Crippen molar-refractivity contribution in [2.75, 3.05) is 18.0 Å². The Hall–Kier alpha value is -1.40. The van der Waals surface area contributed by atoms with Gasteiger partial charge in [-0.3, -0.25) is 0 Å². The summed E-state index contributed by atoms with van der Waals surface area (Å²) < 4.78 is 2.36. The smallest absolute Gasteiger partial charge is 0.186 e. The molecule has 1 saturated heterocycles. The van der Waals surface area contributed by atoms with E-state index in [2.05, 4.69) is 49.0 Å². The van der Waals surface area contributed by atoms with Crippen LogP contribution >= 0.6 is 27.3 Å². The zero-order chi connectivity index (χ0) is 14.2. The van der Waals surface area contributed by atoms with E-state index in [4.69, 9.17) is 4.98 Å². The van der Waals surface area contributed by atoms with Gasteiger partial charge in [-0.2, -0.15) is 0 Å². The molecule has 2 aromatic heterocycles. The van der Waals surface area contributed by atoms with Crippen molar-refractivity contribution in [3.63, 3.8) is 0 Å². The topological polar surface area (TPSA) is 44.8 Å². The monoisotopic (exact) mass is 362 g/mol. The number of aromatic amines is 1. The number of aromatic nitrogens is 3. The lowest BCUT2D eigenvalue weighted by Crippen LogP contribution is -2.32. The molecule has 4 rings (SSSR count). The number of nitrogens with zero attached hydrogens (tertiary/aromatic N) is 3. The number of thiazole rings is 1. The number of piperidine rings is 1. The van der Waals surface area contributed by atoms with E-state index in [1.165, 1.54) is 10.4 Å². The average Bonchev–Trinajstić information content (AvgIpc) is 3.16. The van der Waals surface area contributed by atoms with E-state index in [0.29, 0.717) is 5.92 Å². The molecular formula is C15H15BrN4S. The molecule has 1 aliphatic heterocycles. The number of hydrogen-bond acceptors (Lipinski definition) is 4. The van der Waals surface area contributed by atoms with Crippen LogP contribution < -0.4 is 4.90 Å². The summed E-state index contributed by atoms with van der Waals surface area (Å²) in [6.45, 7) is 2.12. The normalized spacial score (nSPS) is 16.7. The van der Waals surface area contributed by atoms with Gasteiger partial charge in [-0.25, -0.2) is 9.97 Å². The van der Waals surface area contributed by atoms with Crippen molar-refractivity contribution in [3.05, 3.63) is 40.9 Å². The van der Waals surface area contributed by atoms with E-state index in [0.717, 1.165) is 41.1 Å². The summed E-state index contributed by atoms with van der Waals surface area (Å²) in [7, 11) is 0. The maximum Gasteiger partial charge on any atom is 0.186 e. The third-order valence-corrected chi connectivity index (χ3v) is 5.64. The number of anilines is 1. The number of H-pyrrole nitrogens is 1. The molecule has 0 amide bonds. The molecule has 3 heterocycles. The van der Waals surface area contributed by atoms with Crippen LogP contribution in [0.5, 0.6) is 0 Å². The van der Waals surface area contributed by atoms with Crippen LogP contribution in [0.2, 0.25) is 0 Å². The first-order valence-electron chi connectivity index (χ1n) is 7.09. The fourth-order valence-electron chi connectivity index (χ4n) is 2.89. The molecule has 0 aliphatic carbocycles. The van der Waals surface area contributed by atoms with Gasteiger partial charge < -0.3 is 9.88 Å². The number of fused-ring (bicyclic) bond motifs is 1. The Bertz CT molecular complexity index is 744. The standard InChI is InChI=1S/C15H15BrN4S/c16-11-1-2-12-14(7-11)21-15(19-12)20-5-3-10(4-6-20)13-8-17-9-18-13/h1-2,7-10H,3-6H2,(H,17,18). The second-order valence-electron chi connectivity index (χ2n) is 5.38. The van der Waals surface area contributed by atoms with Gasteiger partial charge in [0.1, 0.15) is 0 Å². The molecule has 0 spiro atoms. The van der Waals surface area contributed by atoms with Crippen molar-refractivity contribution in [2.45, 2.75) is 18.8 Å². The van der Waals surface area contributed by atoms with Crippen molar-refractivity contribution in [2.24, 2.45) is 0 Å². The highest BCUT2D eigenvalue weighted by molar-refractivity contribution is 9.10. The fraction of sp³-hybridized carbons (Fsp3) is 0.333. The molecule has 3 aromatic rings. The molecule has 0 unspecified atom stereocenters. The maximum absolute atomic E-state index is 4.77. The molecule has 6 heteroatoms. The summed E-state index contributed by atoms with van der Waals surface area (Å²) in [5.74, 6) is 0.604. The first-order valence-corrected chi connectivity index (χ1v) is 8.70. The predicted molar refractivity (Wildman–Crippen MR) is 90.1 cm³/mol. The SMILES string of the molecule is Brc1ccc2nc(N3CCC(c4cnc[nH]4)CC3)sc2c1. The van der Waals surface area contributed by atoms with Gasteiger partial charge in [0.25, 0.3) is 0 Å². The lowest BCUT2D eigenvalue weighted by molar-refractivity contribution is 0.497. The Morgan fingerprint density at radius 2 is 2.14 bits per heavy atom. The zero-order valence-electron chi connectivity index (χ0n) is 11.4. The molecular weight excluding hydrogens is 348 g/mol. The highest BCUT2D eigenvalue weighted by Crippen LogP contribution is 2.34. The van der Waals surface area contributed by atoms with Crippen molar-refractivity contribution >= 4 is 42.6 Å². The minimum absolute atomic E-state index is 0.604. The van der Waals surface area contributed by atoms with E-state index >= 15 is 0 Å². The third kappa shape index (κ3) is 2.58. The first kappa shape index (κ1) is 13.3. The molecule has 1 fully saturated rings. The van der Waals surface area contributed by atoms with Crippen molar-refractivity contribution in [1.82, 2.24) is 15.0 Å². The summed E-state index contributed by atoms with van der Waals surface area (Å²) >= 11 is 5.30. The molecule has 108 valence electrons. The van der Waals surface area contributed by atoms with Crippen LogP contribution in [-0.4, -0.2) is 28.0 Å². The van der Waals surface area contributed by atoms with Gasteiger partial charge >= 0.3 is 0 Å². The second kappa shape index (κ2) is 5.42. The van der Waals surface area contributed by atoms with Crippen LogP contribution in [0.4, 0.5) is 5.13 Å². The largest absolute Gasteiger partial charge is 0.348 e. The molecule has 21 heavy (non-hydrogen) atoms. The number of halogens is 1. The summed E-state index contributed by atoms with van der Waals surface area (Å²) in [5, 5.41) is 1.14. The maximum atomic E-state index is 4.77. The fourth-order valence-corrected chi connectivity index (χ4v) is 4.46. The molecule has 1 aliphatic rings. The Morgan fingerprint density at radius 1 is 1.29 bits per heavy atom. The second-order valence-corrected chi connectivity index (χ2v) is 7.30. The van der Waals surface area contributed by atoms with Crippen LogP contribution in [-0.2, 0) is 0 Å². The number of rotatable bonds is 2. The van der Waals surface area contributed by atoms with Crippen LogP contribution in [0, 0.1) is 0 Å². The number of benzene rings is 1. The summed E-state index contributed by atoms with van der Waals surface area (Å²) in [6, 6.07) is 6.28. The van der Waals surface area contributed by atoms with Gasteiger partial charge in [-0.1, -0.05) is 27.3 Å². The van der Waals surface area contributed by atoms with Crippen molar-refractivity contribution in [3.8, 4) is 0 Å². The van der Waals surface area contributed by atoms with Crippen LogP contribution in [0.3, 0.4) is 0 Å². The molecule has 4 nitrogen and oxygen atoms in total. The number of hydrogen-bond donors (Lipinski definition) is 1. The van der Waals surface area contributed by atoms with Crippen molar-refractivity contribution < 1.29 is 0 Å². The van der Waals surface area contributed by atoms with E-state index < -0.39 is 0 Å². The Labute approximate surface area is 135 Å². The molecule has 1 aromatic carbocycles. The summed E-state index contributed by atoms with van der Waals surface area (Å²) in [6.07, 6.45) is 6.03. The van der Waals surface area contributed by atoms with Gasteiger partial charge in [0, 0.05) is 35.4 Å². The molecule has 1 N–H and O–H groups in total. The minimum Gasteiger partial charge on any atom is -0.348 e. The lowest BCUT2D eigenvalue weighted by Gasteiger charge is -2.31. The van der Waals surface area contributed by atoms with Crippen LogP contribution in [0.25, 0.3) is 10.2 Å². The number of imidazole rings is 1. The van der Waals surface area contributed by atoms with Gasteiger partial charge in [0.05, 0.1) is 16.5 Å². The first-order chi connectivity index (χ1) is 10.3. The van der Waals surface area contributed by atoms with E-state index in [1.54, 1.807) is 17.7 Å². The minimum atomic E-state index is 0.604. The summed E-state index contributed by atoms with van der Waals surface area (Å²) in [4.78, 5) is 14.5. The Kier molecular flexibility index (Phi) is 3.43. The zero-order valence-corrected chi connectivity index (χ0v) is 13.8. The molecule has 0 bridgehead atoms. The average molecular weight is 363 g/mol. The lowest BCUT2D eigenvalue weighted by atomic mass is 9.94. The molecule has 0 radical (unpaired) electrons. The van der Waals surface area contributed by atoms with Gasteiger partial charge in [0.2, 0.25) is 0 Å². The Morgan fingerprint density at radius 3 is 2.90 bits per heavy atom. The van der Waals surface area contributed by atoms with Gasteiger partial charge in [-0.05, 0) is 31.0 Å².